The van der Waals surface area contributed by atoms with E-state index in [1.165, 1.54) is 0 Å². The molecule has 1 fully saturated rings. The van der Waals surface area contributed by atoms with E-state index in [1.807, 2.05) is 96.6 Å². The molecular formula is C43H73N3O7. The van der Waals surface area contributed by atoms with Gasteiger partial charge in [0.25, 0.3) is 0 Å². The summed E-state index contributed by atoms with van der Waals surface area (Å²) in [4.78, 5) is 61.2. The summed E-state index contributed by atoms with van der Waals surface area (Å²) in [6, 6.07) is 6.75. The van der Waals surface area contributed by atoms with Crippen LogP contribution in [-0.2, 0) is 28.7 Å². The van der Waals surface area contributed by atoms with E-state index in [2.05, 4.69) is 13.8 Å². The van der Waals surface area contributed by atoms with Gasteiger partial charge in [0, 0.05) is 52.5 Å². The number of carbonyl (C=O) groups excluding carboxylic acids is 4. The molecule has 1 aliphatic heterocycles. The van der Waals surface area contributed by atoms with Gasteiger partial charge >= 0.3 is 0 Å². The Morgan fingerprint density at radius 1 is 0.849 bits per heavy atom. The molecule has 10 heteroatoms. The zero-order chi connectivity index (χ0) is 40.3. The van der Waals surface area contributed by atoms with Crippen molar-refractivity contribution in [3.63, 3.8) is 0 Å². The number of ether oxygens (including phenoxy) is 2. The second-order valence-electron chi connectivity index (χ2n) is 16.8. The lowest BCUT2D eigenvalue weighted by molar-refractivity contribution is -0.149. The van der Waals surface area contributed by atoms with E-state index in [4.69, 9.17) is 9.47 Å². The second-order valence-corrected chi connectivity index (χ2v) is 16.8. The summed E-state index contributed by atoms with van der Waals surface area (Å²) in [5.74, 6) is -1.36. The highest BCUT2D eigenvalue weighted by Gasteiger charge is 2.43. The van der Waals surface area contributed by atoms with Crippen molar-refractivity contribution in [1.29, 1.82) is 0 Å². The number of likely N-dealkylation sites (N-methyl/N-ethyl adjacent to an activating group) is 2. The molecule has 1 heterocycles. The number of aliphatic hydroxyl groups is 1. The summed E-state index contributed by atoms with van der Waals surface area (Å²) < 4.78 is 12.0. The number of likely N-dealkylation sites (tertiary alicyclic amines) is 1. The van der Waals surface area contributed by atoms with Crippen LogP contribution < -0.4 is 0 Å². The minimum Gasteiger partial charge on any atom is -0.388 e. The normalized spacial score (nSPS) is 20.1. The summed E-state index contributed by atoms with van der Waals surface area (Å²) >= 11 is 0. The van der Waals surface area contributed by atoms with Gasteiger partial charge in [0.15, 0.2) is 5.78 Å². The van der Waals surface area contributed by atoms with Crippen molar-refractivity contribution in [3.8, 4) is 0 Å². The van der Waals surface area contributed by atoms with Gasteiger partial charge in [0.1, 0.15) is 5.78 Å². The third-order valence-corrected chi connectivity index (χ3v) is 11.9. The number of nitrogens with zero attached hydrogens (tertiary/aromatic N) is 3. The molecule has 0 spiro atoms. The van der Waals surface area contributed by atoms with Gasteiger partial charge in [-0.25, -0.2) is 0 Å². The van der Waals surface area contributed by atoms with Crippen LogP contribution in [0.4, 0.5) is 0 Å². The van der Waals surface area contributed by atoms with Crippen LogP contribution in [0.25, 0.3) is 0 Å². The third-order valence-electron chi connectivity index (χ3n) is 11.9. The molecule has 0 radical (unpaired) electrons. The van der Waals surface area contributed by atoms with Crippen molar-refractivity contribution in [1.82, 2.24) is 14.7 Å². The first-order valence-electron chi connectivity index (χ1n) is 19.9. The molecule has 2 amide bonds. The summed E-state index contributed by atoms with van der Waals surface area (Å²) in [7, 11) is 8.77. The fourth-order valence-corrected chi connectivity index (χ4v) is 8.51. The van der Waals surface area contributed by atoms with Crippen LogP contribution in [0, 0.1) is 42.4 Å². The Morgan fingerprint density at radius 3 is 1.94 bits per heavy atom. The number of benzene rings is 1. The highest BCUT2D eigenvalue weighted by molar-refractivity contribution is 5.90. The molecule has 1 saturated heterocycles. The standard InChI is InChI=1S/C43H73N3O7/c1-15-29(7)40(45(12)43(51)33(26(2)3)24-36(48)39(27(4)5)44(10)11)37(52-13)25-38(49)46-22-16-17-34(46)42(53-14)31(9)35(47)23-30(8)41(50)32-20-18-28(6)19-21-32/h18-21,26-27,29-31,33-34,37,39-42,50H,15-17,22-25H2,1-14H3/t29?,30-,31-,33-,34-,37+,39-,40-,41+,42+/m0/s1. The van der Waals surface area contributed by atoms with Gasteiger partial charge in [-0.05, 0) is 63.1 Å². The van der Waals surface area contributed by atoms with Crippen molar-refractivity contribution in [2.24, 2.45) is 35.5 Å². The maximum absolute atomic E-state index is 14.3. The Morgan fingerprint density at radius 2 is 1.45 bits per heavy atom. The molecule has 10 atom stereocenters. The smallest absolute Gasteiger partial charge is 0.226 e. The van der Waals surface area contributed by atoms with Crippen molar-refractivity contribution in [2.75, 3.05) is 41.9 Å². The van der Waals surface area contributed by atoms with E-state index < -0.39 is 36.2 Å². The lowest BCUT2D eigenvalue weighted by atomic mass is 9.83. The van der Waals surface area contributed by atoms with Crippen molar-refractivity contribution < 1.29 is 33.8 Å². The molecule has 0 aromatic heterocycles. The molecule has 302 valence electrons. The topological polar surface area (TPSA) is 117 Å². The van der Waals surface area contributed by atoms with Gasteiger partial charge in [-0.15, -0.1) is 0 Å². The van der Waals surface area contributed by atoms with E-state index in [9.17, 15) is 24.3 Å². The number of rotatable bonds is 22. The molecule has 0 bridgehead atoms. The largest absolute Gasteiger partial charge is 0.388 e. The molecule has 0 saturated carbocycles. The van der Waals surface area contributed by atoms with E-state index in [0.29, 0.717) is 13.0 Å². The second kappa shape index (κ2) is 21.4. The van der Waals surface area contributed by atoms with Crippen molar-refractivity contribution in [3.05, 3.63) is 35.4 Å². The van der Waals surface area contributed by atoms with Crippen molar-refractivity contribution in [2.45, 2.75) is 137 Å². The minimum absolute atomic E-state index is 0.00923. The van der Waals surface area contributed by atoms with Gasteiger partial charge in [0.05, 0.1) is 42.9 Å². The highest BCUT2D eigenvalue weighted by atomic mass is 16.5. The Kier molecular flexibility index (Phi) is 18.8. The predicted molar refractivity (Wildman–Crippen MR) is 211 cm³/mol. The van der Waals surface area contributed by atoms with Crippen LogP contribution in [0.3, 0.4) is 0 Å². The quantitative estimate of drug-likeness (QED) is 0.146. The van der Waals surface area contributed by atoms with Crippen LogP contribution in [-0.4, -0.2) is 115 Å². The van der Waals surface area contributed by atoms with E-state index >= 15 is 0 Å². The Bertz CT molecular complexity index is 1310. The van der Waals surface area contributed by atoms with Gasteiger partial charge in [0.2, 0.25) is 11.8 Å². The molecule has 1 aliphatic rings. The first-order valence-corrected chi connectivity index (χ1v) is 19.9. The third kappa shape index (κ3) is 12.2. The average molecular weight is 744 g/mol. The van der Waals surface area contributed by atoms with Gasteiger partial charge in [-0.3, -0.25) is 24.1 Å². The summed E-state index contributed by atoms with van der Waals surface area (Å²) in [5.41, 5.74) is 1.89. The number of hydrogen-bond donors (Lipinski definition) is 1. The maximum atomic E-state index is 14.3. The Balaban J connectivity index is 2.25. The zero-order valence-electron chi connectivity index (χ0n) is 35.4. The zero-order valence-corrected chi connectivity index (χ0v) is 35.4. The van der Waals surface area contributed by atoms with Crippen LogP contribution in [0.5, 0.6) is 0 Å². The number of aliphatic hydroxyl groups excluding tert-OH is 1. The van der Waals surface area contributed by atoms with Crippen molar-refractivity contribution >= 4 is 23.4 Å². The van der Waals surface area contributed by atoms with Crippen LogP contribution >= 0.6 is 0 Å². The van der Waals surface area contributed by atoms with Crippen LogP contribution in [0.1, 0.15) is 111 Å². The Labute approximate surface area is 321 Å². The van der Waals surface area contributed by atoms with E-state index in [-0.39, 0.29) is 78.4 Å². The van der Waals surface area contributed by atoms with Crippen LogP contribution in [0.15, 0.2) is 24.3 Å². The van der Waals surface area contributed by atoms with Crippen LogP contribution in [0.2, 0.25) is 0 Å². The lowest BCUT2D eigenvalue weighted by Crippen LogP contribution is -2.54. The molecular weight excluding hydrogens is 670 g/mol. The van der Waals surface area contributed by atoms with Gasteiger partial charge < -0.3 is 24.4 Å². The number of aryl methyl sites for hydroxylation is 1. The SMILES string of the molecule is CCC(C)[C@@H]([C@@H](CC(=O)N1CCC[C@H]1[C@H](OC)[C@@H](C)C(=O)C[C@H](C)[C@@H](O)c1ccc(C)cc1)OC)N(C)C(=O)[C@@H](CC(=O)[C@H](C(C)C)N(C)C)C(C)C. The predicted octanol–water partition coefficient (Wildman–Crippen LogP) is 6.36. The number of carbonyl (C=O) groups is 4. The summed E-state index contributed by atoms with van der Waals surface area (Å²) in [5, 5.41) is 11.0. The fraction of sp³-hybridized carbons (Fsp3) is 0.767. The number of ketones is 2. The molecule has 53 heavy (non-hydrogen) atoms. The van der Waals surface area contributed by atoms with Gasteiger partial charge in [-0.1, -0.05) is 91.6 Å². The Hall–Kier alpha value is -2.66. The number of methoxy groups -OCH3 is 2. The molecule has 10 nitrogen and oxygen atoms in total. The van der Waals surface area contributed by atoms with E-state index in [0.717, 1.165) is 24.0 Å². The highest BCUT2D eigenvalue weighted by Crippen LogP contribution is 2.33. The van der Waals surface area contributed by atoms with E-state index in [1.54, 1.807) is 26.2 Å². The first kappa shape index (κ1) is 46.5. The minimum atomic E-state index is -0.766. The summed E-state index contributed by atoms with van der Waals surface area (Å²) in [6.07, 6.45) is 0.835. The molecule has 1 aromatic carbocycles. The average Bonchev–Trinajstić information content (AvgIpc) is 3.59. The van der Waals surface area contributed by atoms with Gasteiger partial charge in [-0.2, -0.15) is 0 Å². The molecule has 1 N–H and O–H groups in total. The molecule has 2 rings (SSSR count). The summed E-state index contributed by atoms with van der Waals surface area (Å²) in [6.45, 7) is 18.4. The first-order chi connectivity index (χ1) is 24.8. The molecule has 1 aromatic rings. The number of amides is 2. The molecule has 1 unspecified atom stereocenters. The fourth-order valence-electron chi connectivity index (χ4n) is 8.51. The molecule has 0 aliphatic carbocycles. The number of Topliss-reactive ketones (excluding diaryl/α,β-unsaturated/α-hetero) is 2. The lowest BCUT2D eigenvalue weighted by Gasteiger charge is -2.41. The maximum Gasteiger partial charge on any atom is 0.226 e. The number of hydrogen-bond acceptors (Lipinski definition) is 8. The monoisotopic (exact) mass is 744 g/mol.